The van der Waals surface area contributed by atoms with E-state index in [0.717, 1.165) is 17.9 Å². The molecular weight excluding hydrogens is 272 g/mol. The molecular formula is C15H17N2S2. The number of aromatic nitrogens is 1. The van der Waals surface area contributed by atoms with Crippen molar-refractivity contribution in [3.05, 3.63) is 54.9 Å². The van der Waals surface area contributed by atoms with Gasteiger partial charge in [0.25, 0.3) is 0 Å². The first kappa shape index (κ1) is 14.4. The Morgan fingerprint density at radius 1 is 0.947 bits per heavy atom. The highest BCUT2D eigenvalue weighted by molar-refractivity contribution is 7.99. The van der Waals surface area contributed by atoms with Gasteiger partial charge in [0.05, 0.1) is 0 Å². The lowest BCUT2D eigenvalue weighted by atomic mass is 10.3. The fourth-order valence-corrected chi connectivity index (χ4v) is 3.41. The van der Waals surface area contributed by atoms with E-state index in [4.69, 9.17) is 5.73 Å². The average molecular weight is 289 g/mol. The number of rotatable bonds is 7. The molecule has 19 heavy (non-hydrogen) atoms. The number of hydrogen-bond acceptors (Lipinski definition) is 3. The number of pyridine rings is 1. The molecule has 0 aliphatic heterocycles. The molecule has 1 aromatic heterocycles. The number of thioether (sulfide) groups is 2. The quantitative estimate of drug-likeness (QED) is 0.723. The summed E-state index contributed by atoms with van der Waals surface area (Å²) in [5.41, 5.74) is 8.04. The Bertz CT molecular complexity index is 462. The normalized spacial score (nSPS) is 12.3. The Kier molecular flexibility index (Phi) is 6.27. The maximum absolute atomic E-state index is 8.04. The van der Waals surface area contributed by atoms with Crippen molar-refractivity contribution < 1.29 is 0 Å². The molecule has 0 fully saturated rings. The molecule has 1 heterocycles. The van der Waals surface area contributed by atoms with Crippen LogP contribution in [0.3, 0.4) is 0 Å². The Balaban J connectivity index is 1.64. The standard InChI is InChI=1S/C15H17N2S2/c16-13(12-19-14-4-2-1-3-5-14)8-11-18-15-6-9-17-10-7-15/h1-7,9-10,13,16H,8,11-12H2/t13-/m1/s1. The van der Waals surface area contributed by atoms with Crippen LogP contribution in [0.1, 0.15) is 6.42 Å². The lowest BCUT2D eigenvalue weighted by Crippen LogP contribution is -2.13. The summed E-state index contributed by atoms with van der Waals surface area (Å²) in [6.45, 7) is 0. The van der Waals surface area contributed by atoms with Gasteiger partial charge in [-0.25, -0.2) is 0 Å². The first-order valence-electron chi connectivity index (χ1n) is 6.26. The van der Waals surface area contributed by atoms with Crippen LogP contribution in [-0.4, -0.2) is 22.5 Å². The summed E-state index contributed by atoms with van der Waals surface area (Å²) in [5.74, 6) is 1.86. The van der Waals surface area contributed by atoms with E-state index < -0.39 is 0 Å². The van der Waals surface area contributed by atoms with Gasteiger partial charge in [0.2, 0.25) is 0 Å². The molecule has 0 amide bonds. The topological polar surface area (TPSA) is 36.7 Å². The first-order chi connectivity index (χ1) is 9.34. The maximum atomic E-state index is 8.04. The fourth-order valence-electron chi connectivity index (χ4n) is 1.55. The molecule has 0 saturated heterocycles. The second-order valence-electron chi connectivity index (χ2n) is 4.14. The van der Waals surface area contributed by atoms with Crippen molar-refractivity contribution in [1.82, 2.24) is 10.7 Å². The molecule has 1 atom stereocenters. The summed E-state index contributed by atoms with van der Waals surface area (Å²) in [6, 6.07) is 14.3. The second-order valence-corrected chi connectivity index (χ2v) is 6.40. The van der Waals surface area contributed by atoms with Crippen molar-refractivity contribution in [3.8, 4) is 0 Å². The molecule has 4 heteroatoms. The smallest absolute Gasteiger partial charge is 0.0315 e. The SMILES string of the molecule is [NH][C@H](CCSc1ccncc1)CSc1ccccc1. The van der Waals surface area contributed by atoms with Gasteiger partial charge in [-0.15, -0.1) is 23.5 Å². The van der Waals surface area contributed by atoms with Gasteiger partial charge in [0.15, 0.2) is 0 Å². The number of hydrogen-bond donors (Lipinski definition) is 0. The van der Waals surface area contributed by atoms with E-state index in [1.807, 2.05) is 42.7 Å². The van der Waals surface area contributed by atoms with Crippen LogP contribution < -0.4 is 5.73 Å². The van der Waals surface area contributed by atoms with Crippen LogP contribution in [0.4, 0.5) is 0 Å². The minimum absolute atomic E-state index is 0.000423. The van der Waals surface area contributed by atoms with Crippen molar-refractivity contribution in [3.63, 3.8) is 0 Å². The van der Waals surface area contributed by atoms with Crippen molar-refractivity contribution in [1.29, 1.82) is 0 Å². The first-order valence-corrected chi connectivity index (χ1v) is 8.23. The third kappa shape index (κ3) is 5.68. The molecule has 99 valence electrons. The summed E-state index contributed by atoms with van der Waals surface area (Å²) in [6.07, 6.45) is 4.55. The molecule has 0 bridgehead atoms. The van der Waals surface area contributed by atoms with Crippen molar-refractivity contribution >= 4 is 23.5 Å². The molecule has 2 aromatic rings. The highest BCUT2D eigenvalue weighted by Gasteiger charge is 2.05. The Morgan fingerprint density at radius 3 is 2.37 bits per heavy atom. The highest BCUT2D eigenvalue weighted by Crippen LogP contribution is 2.21. The number of benzene rings is 1. The van der Waals surface area contributed by atoms with Gasteiger partial charge in [-0.05, 0) is 36.4 Å². The molecule has 1 N–H and O–H groups in total. The maximum Gasteiger partial charge on any atom is 0.0315 e. The molecule has 0 aliphatic carbocycles. The monoisotopic (exact) mass is 289 g/mol. The summed E-state index contributed by atoms with van der Waals surface area (Å²) in [5, 5.41) is 0. The molecule has 1 aromatic carbocycles. The van der Waals surface area contributed by atoms with Gasteiger partial charge in [-0.3, -0.25) is 10.7 Å². The van der Waals surface area contributed by atoms with E-state index in [9.17, 15) is 0 Å². The van der Waals surface area contributed by atoms with Crippen molar-refractivity contribution in [2.75, 3.05) is 11.5 Å². The van der Waals surface area contributed by atoms with Gasteiger partial charge in [-0.1, -0.05) is 18.2 Å². The third-order valence-corrected chi connectivity index (χ3v) is 4.80. The van der Waals surface area contributed by atoms with E-state index in [1.54, 1.807) is 23.5 Å². The van der Waals surface area contributed by atoms with E-state index in [1.165, 1.54) is 9.79 Å². The Morgan fingerprint density at radius 2 is 1.63 bits per heavy atom. The zero-order valence-electron chi connectivity index (χ0n) is 10.7. The largest absolute Gasteiger partial charge is 0.265 e. The van der Waals surface area contributed by atoms with Gasteiger partial charge in [0.1, 0.15) is 0 Å². The van der Waals surface area contributed by atoms with Crippen LogP contribution in [0.25, 0.3) is 0 Å². The van der Waals surface area contributed by atoms with Gasteiger partial charge in [-0.2, -0.15) is 0 Å². The minimum Gasteiger partial charge on any atom is -0.265 e. The molecule has 1 radical (unpaired) electrons. The van der Waals surface area contributed by atoms with Gasteiger partial charge >= 0.3 is 0 Å². The lowest BCUT2D eigenvalue weighted by Gasteiger charge is -2.09. The van der Waals surface area contributed by atoms with Crippen LogP contribution in [0.5, 0.6) is 0 Å². The highest BCUT2D eigenvalue weighted by atomic mass is 32.2. The molecule has 0 spiro atoms. The van der Waals surface area contributed by atoms with E-state index >= 15 is 0 Å². The fraction of sp³-hybridized carbons (Fsp3) is 0.267. The Hall–Kier alpha value is -0.970. The van der Waals surface area contributed by atoms with Crippen LogP contribution in [0, 0.1) is 0 Å². The van der Waals surface area contributed by atoms with E-state index in [2.05, 4.69) is 17.1 Å². The molecule has 0 aliphatic rings. The van der Waals surface area contributed by atoms with E-state index in [-0.39, 0.29) is 6.04 Å². The molecule has 2 nitrogen and oxygen atoms in total. The minimum atomic E-state index is -0.000423. The predicted molar refractivity (Wildman–Crippen MR) is 83.6 cm³/mol. The molecule has 2 rings (SSSR count). The zero-order chi connectivity index (χ0) is 13.3. The predicted octanol–water partition coefficient (Wildman–Crippen LogP) is 4.01. The van der Waals surface area contributed by atoms with Gasteiger partial charge < -0.3 is 0 Å². The average Bonchev–Trinajstić information content (AvgIpc) is 2.47. The molecule has 0 saturated carbocycles. The van der Waals surface area contributed by atoms with E-state index in [0.29, 0.717) is 0 Å². The second kappa shape index (κ2) is 8.25. The summed E-state index contributed by atoms with van der Waals surface area (Å²) < 4.78 is 0. The van der Waals surface area contributed by atoms with Crippen LogP contribution in [0.15, 0.2) is 64.6 Å². The lowest BCUT2D eigenvalue weighted by molar-refractivity contribution is 0.709. The summed E-state index contributed by atoms with van der Waals surface area (Å²) >= 11 is 3.57. The zero-order valence-corrected chi connectivity index (χ0v) is 12.3. The summed E-state index contributed by atoms with van der Waals surface area (Å²) in [7, 11) is 0. The van der Waals surface area contributed by atoms with Crippen molar-refractivity contribution in [2.45, 2.75) is 22.3 Å². The number of nitrogens with one attached hydrogen (secondary N) is 1. The van der Waals surface area contributed by atoms with Crippen molar-refractivity contribution in [2.24, 2.45) is 0 Å². The van der Waals surface area contributed by atoms with Crippen LogP contribution >= 0.6 is 23.5 Å². The molecule has 0 unspecified atom stereocenters. The van der Waals surface area contributed by atoms with Gasteiger partial charge in [0, 0.05) is 34.0 Å². The summed E-state index contributed by atoms with van der Waals surface area (Å²) in [4.78, 5) is 6.48. The number of nitrogens with zero attached hydrogens (tertiary/aromatic N) is 1. The van der Waals surface area contributed by atoms with Crippen LogP contribution in [-0.2, 0) is 0 Å². The third-order valence-electron chi connectivity index (χ3n) is 2.58. The Labute approximate surface area is 123 Å². The van der Waals surface area contributed by atoms with Crippen LogP contribution in [0.2, 0.25) is 0 Å².